The fourth-order valence-corrected chi connectivity index (χ4v) is 2.95. The highest BCUT2D eigenvalue weighted by Gasteiger charge is 2.47. The summed E-state index contributed by atoms with van der Waals surface area (Å²) < 4.78 is 0. The average molecular weight is 271 g/mol. The van der Waals surface area contributed by atoms with Gasteiger partial charge in [0, 0.05) is 16.5 Å². The van der Waals surface area contributed by atoms with Gasteiger partial charge in [-0.05, 0) is 11.8 Å². The van der Waals surface area contributed by atoms with Crippen LogP contribution in [0.25, 0.3) is 10.8 Å². The van der Waals surface area contributed by atoms with Crippen molar-refractivity contribution < 1.29 is 9.59 Å². The molecule has 0 atom stereocenters. The minimum absolute atomic E-state index is 0.136. The van der Waals surface area contributed by atoms with E-state index in [2.05, 4.69) is 6.58 Å². The fraction of sp³-hybridized carbons (Fsp3) is 0.125. The number of rotatable bonds is 2. The number of hydrogen-bond acceptors (Lipinski definition) is 2. The maximum atomic E-state index is 12.5. The lowest BCUT2D eigenvalue weighted by Crippen LogP contribution is -2.44. The van der Waals surface area contributed by atoms with E-state index in [1.54, 1.807) is 24.3 Å². The van der Waals surface area contributed by atoms with Crippen LogP contribution in [0.2, 0.25) is 0 Å². The largest absolute Gasteiger partial charge is 0.292 e. The molecule has 2 nitrogen and oxygen atoms in total. The molecule has 0 aliphatic heterocycles. The van der Waals surface area contributed by atoms with Crippen LogP contribution in [0, 0.1) is 0 Å². The number of benzene rings is 2. The molecule has 0 radical (unpaired) electrons. The fourth-order valence-electron chi connectivity index (χ4n) is 2.63. The quantitative estimate of drug-likeness (QED) is 0.473. The van der Waals surface area contributed by atoms with Crippen molar-refractivity contribution in [1.82, 2.24) is 0 Å². The lowest BCUT2D eigenvalue weighted by Gasteiger charge is -2.28. The first-order chi connectivity index (χ1) is 9.09. The number of alkyl halides is 1. The Morgan fingerprint density at radius 3 is 2.05 bits per heavy atom. The van der Waals surface area contributed by atoms with E-state index in [1.807, 2.05) is 12.1 Å². The van der Waals surface area contributed by atoms with E-state index in [9.17, 15) is 9.59 Å². The van der Waals surface area contributed by atoms with Crippen molar-refractivity contribution in [3.63, 3.8) is 0 Å². The Morgan fingerprint density at radius 1 is 1.05 bits per heavy atom. The van der Waals surface area contributed by atoms with Gasteiger partial charge in [0.25, 0.3) is 0 Å². The molecule has 0 N–H and O–H groups in total. The number of carbonyl (C=O) groups excluding carboxylic acids is 2. The molecule has 3 rings (SSSR count). The minimum atomic E-state index is -1.54. The van der Waals surface area contributed by atoms with Crippen molar-refractivity contribution in [2.24, 2.45) is 0 Å². The first-order valence-corrected chi connectivity index (χ1v) is 6.38. The second-order valence-corrected chi connectivity index (χ2v) is 5.31. The molecule has 0 spiro atoms. The third-order valence-electron chi connectivity index (χ3n) is 3.54. The second-order valence-electron chi connectivity index (χ2n) is 4.66. The van der Waals surface area contributed by atoms with Crippen molar-refractivity contribution >= 4 is 33.9 Å². The molecular formula is C16H11ClO2. The number of ketones is 2. The Kier molecular flexibility index (Phi) is 2.58. The van der Waals surface area contributed by atoms with E-state index >= 15 is 0 Å². The molecule has 0 aromatic heterocycles. The van der Waals surface area contributed by atoms with Gasteiger partial charge in [0.15, 0.2) is 16.4 Å². The smallest absolute Gasteiger partial charge is 0.192 e. The average Bonchev–Trinajstić information content (AvgIpc) is 2.43. The van der Waals surface area contributed by atoms with Crippen LogP contribution in [0.1, 0.15) is 27.1 Å². The van der Waals surface area contributed by atoms with Gasteiger partial charge in [0.1, 0.15) is 0 Å². The lowest BCUT2D eigenvalue weighted by molar-refractivity contribution is 0.0828. The molecule has 19 heavy (non-hydrogen) atoms. The predicted octanol–water partition coefficient (Wildman–Crippen LogP) is 3.77. The van der Waals surface area contributed by atoms with Gasteiger partial charge in [0.2, 0.25) is 0 Å². The van der Waals surface area contributed by atoms with E-state index in [4.69, 9.17) is 11.6 Å². The summed E-state index contributed by atoms with van der Waals surface area (Å²) in [6.45, 7) is 3.58. The van der Waals surface area contributed by atoms with E-state index in [-0.39, 0.29) is 18.0 Å². The number of hydrogen-bond donors (Lipinski definition) is 0. The van der Waals surface area contributed by atoms with Crippen LogP contribution >= 0.6 is 11.6 Å². The van der Waals surface area contributed by atoms with Crippen LogP contribution in [0.4, 0.5) is 0 Å². The number of allylic oxidation sites excluding steroid dienone is 1. The van der Waals surface area contributed by atoms with Gasteiger partial charge in [-0.15, -0.1) is 18.2 Å². The molecule has 2 aromatic carbocycles. The number of Topliss-reactive ketones (excluding diaryl/α,β-unsaturated/α-hetero) is 2. The second kappa shape index (κ2) is 4.04. The first kappa shape index (κ1) is 12.1. The standard InChI is InChI=1S/C16H11ClO2/c1-2-9-16(17)14(18)11-7-3-5-10-6-4-8-12(13(10)11)15(16)19/h2-8H,1,9H2. The molecule has 0 heterocycles. The van der Waals surface area contributed by atoms with E-state index in [0.717, 1.165) is 5.39 Å². The summed E-state index contributed by atoms with van der Waals surface area (Å²) in [5.41, 5.74) is 1.04. The van der Waals surface area contributed by atoms with Crippen molar-refractivity contribution in [1.29, 1.82) is 0 Å². The highest BCUT2D eigenvalue weighted by Crippen LogP contribution is 2.39. The summed E-state index contributed by atoms with van der Waals surface area (Å²) in [4.78, 5) is 23.5. The van der Waals surface area contributed by atoms with E-state index < -0.39 is 4.87 Å². The maximum Gasteiger partial charge on any atom is 0.192 e. The van der Waals surface area contributed by atoms with E-state index in [0.29, 0.717) is 16.5 Å². The molecule has 1 aliphatic carbocycles. The first-order valence-electron chi connectivity index (χ1n) is 6.01. The molecule has 1 aliphatic rings. The van der Waals surface area contributed by atoms with Gasteiger partial charge >= 0.3 is 0 Å². The monoisotopic (exact) mass is 270 g/mol. The van der Waals surface area contributed by atoms with Crippen LogP contribution in [0.5, 0.6) is 0 Å². The molecule has 94 valence electrons. The van der Waals surface area contributed by atoms with Gasteiger partial charge < -0.3 is 0 Å². The summed E-state index contributed by atoms with van der Waals surface area (Å²) in [6.07, 6.45) is 1.65. The van der Waals surface area contributed by atoms with E-state index in [1.165, 1.54) is 6.08 Å². The minimum Gasteiger partial charge on any atom is -0.292 e. The predicted molar refractivity (Wildman–Crippen MR) is 76.0 cm³/mol. The van der Waals surface area contributed by atoms with Gasteiger partial charge in [-0.3, -0.25) is 9.59 Å². The molecule has 3 heteroatoms. The Morgan fingerprint density at radius 2 is 1.58 bits per heavy atom. The van der Waals surface area contributed by atoms with Crippen molar-refractivity contribution in [2.45, 2.75) is 11.3 Å². The molecule has 0 saturated heterocycles. The van der Waals surface area contributed by atoms with Gasteiger partial charge in [-0.1, -0.05) is 42.5 Å². The normalized spacial score (nSPS) is 16.7. The van der Waals surface area contributed by atoms with Crippen LogP contribution in [0.3, 0.4) is 0 Å². The third-order valence-corrected chi connectivity index (χ3v) is 4.04. The third kappa shape index (κ3) is 1.50. The summed E-state index contributed by atoms with van der Waals surface area (Å²) in [6, 6.07) is 10.8. The molecule has 0 amide bonds. The van der Waals surface area contributed by atoms with Crippen molar-refractivity contribution in [3.05, 3.63) is 60.2 Å². The van der Waals surface area contributed by atoms with Crippen LogP contribution < -0.4 is 0 Å². The topological polar surface area (TPSA) is 34.1 Å². The Hall–Kier alpha value is -1.93. The number of halogens is 1. The molecule has 2 aromatic rings. The summed E-state index contributed by atoms with van der Waals surface area (Å²) in [5.74, 6) is -0.660. The zero-order chi connectivity index (χ0) is 13.6. The van der Waals surface area contributed by atoms with Crippen LogP contribution in [0.15, 0.2) is 49.1 Å². The van der Waals surface area contributed by atoms with Gasteiger partial charge in [-0.2, -0.15) is 0 Å². The SMILES string of the molecule is C=CCC1(Cl)C(=O)c2cccc3cccc(c23)C1=O. The van der Waals surface area contributed by atoms with Crippen molar-refractivity contribution in [2.75, 3.05) is 0 Å². The number of carbonyl (C=O) groups is 2. The summed E-state index contributed by atoms with van der Waals surface area (Å²) in [5, 5.41) is 1.59. The molecule has 0 unspecified atom stereocenters. The maximum absolute atomic E-state index is 12.5. The highest BCUT2D eigenvalue weighted by atomic mass is 35.5. The van der Waals surface area contributed by atoms with Crippen LogP contribution in [-0.2, 0) is 0 Å². The Labute approximate surface area is 115 Å². The van der Waals surface area contributed by atoms with Crippen LogP contribution in [-0.4, -0.2) is 16.4 Å². The molecule has 0 saturated carbocycles. The summed E-state index contributed by atoms with van der Waals surface area (Å²) >= 11 is 6.32. The zero-order valence-corrected chi connectivity index (χ0v) is 10.9. The molecule has 0 fully saturated rings. The highest BCUT2D eigenvalue weighted by molar-refractivity contribution is 6.54. The lowest BCUT2D eigenvalue weighted by atomic mass is 9.78. The Balaban J connectivity index is 2.40. The zero-order valence-electron chi connectivity index (χ0n) is 10.2. The van der Waals surface area contributed by atoms with Crippen molar-refractivity contribution in [3.8, 4) is 0 Å². The summed E-state index contributed by atoms with van der Waals surface area (Å²) in [7, 11) is 0. The molecular weight excluding hydrogens is 260 g/mol. The van der Waals surface area contributed by atoms with Gasteiger partial charge in [0.05, 0.1) is 0 Å². The molecule has 0 bridgehead atoms. The van der Waals surface area contributed by atoms with Gasteiger partial charge in [-0.25, -0.2) is 0 Å². The Bertz CT molecular complexity index is 680.